The fourth-order valence-corrected chi connectivity index (χ4v) is 2.38. The van der Waals surface area contributed by atoms with Crippen LogP contribution in [-0.4, -0.2) is 6.04 Å². The molecule has 1 N–H and O–H groups in total. The largest absolute Gasteiger partial charge is 0.467 e. The zero-order chi connectivity index (χ0) is 15.0. The molecule has 1 aliphatic rings. The van der Waals surface area contributed by atoms with Gasteiger partial charge in [-0.1, -0.05) is 6.07 Å². The highest BCUT2D eigenvalue weighted by Crippen LogP contribution is 2.34. The van der Waals surface area contributed by atoms with Crippen LogP contribution in [0.3, 0.4) is 0 Å². The molecule has 1 heterocycles. The predicted molar refractivity (Wildman–Crippen MR) is 73.7 cm³/mol. The molecule has 1 aliphatic carbocycles. The summed E-state index contributed by atoms with van der Waals surface area (Å²) in [7, 11) is 0. The van der Waals surface area contributed by atoms with Crippen LogP contribution in [0.4, 0.5) is 13.2 Å². The Balaban J connectivity index is 1.88. The lowest BCUT2D eigenvalue weighted by atomic mass is 9.98. The Kier molecular flexibility index (Phi) is 3.53. The Morgan fingerprint density at radius 3 is 2.57 bits per heavy atom. The second-order valence-corrected chi connectivity index (χ2v) is 5.44. The van der Waals surface area contributed by atoms with E-state index in [-0.39, 0.29) is 0 Å². The fraction of sp³-hybridized carbons (Fsp3) is 0.375. The van der Waals surface area contributed by atoms with E-state index in [9.17, 15) is 13.2 Å². The van der Waals surface area contributed by atoms with Crippen LogP contribution < -0.4 is 5.32 Å². The molecule has 0 aliphatic heterocycles. The third-order valence-electron chi connectivity index (χ3n) is 3.72. The molecule has 1 saturated carbocycles. The lowest BCUT2D eigenvalue weighted by Gasteiger charge is -2.11. The molecule has 0 atom stereocenters. The van der Waals surface area contributed by atoms with Crippen molar-refractivity contribution in [3.8, 4) is 11.1 Å². The van der Waals surface area contributed by atoms with Crippen molar-refractivity contribution in [1.82, 2.24) is 5.32 Å². The van der Waals surface area contributed by atoms with Gasteiger partial charge in [0, 0.05) is 11.6 Å². The third-order valence-corrected chi connectivity index (χ3v) is 3.72. The van der Waals surface area contributed by atoms with E-state index in [1.165, 1.54) is 25.0 Å². The molecular formula is C16H16F3NO. The lowest BCUT2D eigenvalue weighted by Crippen LogP contribution is -2.15. The van der Waals surface area contributed by atoms with Crippen molar-refractivity contribution in [2.75, 3.05) is 0 Å². The second-order valence-electron chi connectivity index (χ2n) is 5.44. The summed E-state index contributed by atoms with van der Waals surface area (Å²) < 4.78 is 43.6. The number of rotatable bonds is 4. The van der Waals surface area contributed by atoms with Gasteiger partial charge in [0.1, 0.15) is 5.76 Å². The number of hydrogen-bond acceptors (Lipinski definition) is 2. The van der Waals surface area contributed by atoms with Crippen LogP contribution in [0.15, 0.2) is 34.9 Å². The number of halogens is 3. The summed E-state index contributed by atoms with van der Waals surface area (Å²) in [5, 5.41) is 3.35. The molecule has 112 valence electrons. The van der Waals surface area contributed by atoms with Gasteiger partial charge >= 0.3 is 6.18 Å². The molecule has 0 saturated heterocycles. The van der Waals surface area contributed by atoms with Crippen LogP contribution in [-0.2, 0) is 12.7 Å². The molecule has 0 radical (unpaired) electrons. The molecule has 3 rings (SSSR count). The second kappa shape index (κ2) is 5.22. The zero-order valence-electron chi connectivity index (χ0n) is 11.6. The maximum Gasteiger partial charge on any atom is 0.416 e. The summed E-state index contributed by atoms with van der Waals surface area (Å²) >= 11 is 0. The minimum Gasteiger partial charge on any atom is -0.467 e. The Morgan fingerprint density at radius 1 is 1.19 bits per heavy atom. The first-order chi connectivity index (χ1) is 9.95. The smallest absolute Gasteiger partial charge is 0.416 e. The van der Waals surface area contributed by atoms with E-state index in [1.807, 2.05) is 0 Å². The van der Waals surface area contributed by atoms with E-state index in [0.29, 0.717) is 18.2 Å². The maximum absolute atomic E-state index is 12.7. The number of furan rings is 1. The Hall–Kier alpha value is -1.75. The first-order valence-electron chi connectivity index (χ1n) is 6.93. The quantitative estimate of drug-likeness (QED) is 0.896. The SMILES string of the molecule is Cc1cc(C(F)(F)F)ccc1-c1ccoc1CNC1CC1. The van der Waals surface area contributed by atoms with Crippen molar-refractivity contribution in [1.29, 1.82) is 0 Å². The summed E-state index contributed by atoms with van der Waals surface area (Å²) in [5.41, 5.74) is 1.61. The number of benzene rings is 1. The Morgan fingerprint density at radius 2 is 1.95 bits per heavy atom. The molecule has 1 fully saturated rings. The van der Waals surface area contributed by atoms with Gasteiger partial charge in [0.2, 0.25) is 0 Å². The first kappa shape index (κ1) is 14.2. The summed E-state index contributed by atoms with van der Waals surface area (Å²) in [6, 6.07) is 6.17. The van der Waals surface area contributed by atoms with Crippen molar-refractivity contribution in [2.45, 2.75) is 38.5 Å². The van der Waals surface area contributed by atoms with Crippen LogP contribution in [0.5, 0.6) is 0 Å². The van der Waals surface area contributed by atoms with E-state index in [1.54, 1.807) is 19.3 Å². The summed E-state index contributed by atoms with van der Waals surface area (Å²) in [6.07, 6.45) is -0.378. The van der Waals surface area contributed by atoms with Gasteiger partial charge in [-0.3, -0.25) is 0 Å². The van der Waals surface area contributed by atoms with E-state index in [2.05, 4.69) is 5.32 Å². The molecule has 5 heteroatoms. The van der Waals surface area contributed by atoms with Crippen molar-refractivity contribution in [2.24, 2.45) is 0 Å². The van der Waals surface area contributed by atoms with Crippen molar-refractivity contribution in [3.05, 3.63) is 47.4 Å². The summed E-state index contributed by atoms with van der Waals surface area (Å²) in [5.74, 6) is 0.768. The molecule has 1 aromatic carbocycles. The van der Waals surface area contributed by atoms with Crippen molar-refractivity contribution < 1.29 is 17.6 Å². The Labute approximate surface area is 121 Å². The van der Waals surface area contributed by atoms with Gasteiger partial charge in [0.05, 0.1) is 18.4 Å². The van der Waals surface area contributed by atoms with Crippen LogP contribution in [0.1, 0.15) is 29.7 Å². The highest BCUT2D eigenvalue weighted by molar-refractivity contribution is 5.69. The monoisotopic (exact) mass is 295 g/mol. The van der Waals surface area contributed by atoms with Gasteiger partial charge in [-0.25, -0.2) is 0 Å². The third kappa shape index (κ3) is 3.13. The summed E-state index contributed by atoms with van der Waals surface area (Å²) in [6.45, 7) is 2.29. The van der Waals surface area contributed by atoms with Crippen LogP contribution in [0.25, 0.3) is 11.1 Å². The van der Waals surface area contributed by atoms with Gasteiger partial charge in [-0.2, -0.15) is 13.2 Å². The van der Waals surface area contributed by atoms with Gasteiger partial charge < -0.3 is 9.73 Å². The molecule has 2 aromatic rings. The van der Waals surface area contributed by atoms with Crippen LogP contribution >= 0.6 is 0 Å². The Bertz CT molecular complexity index is 641. The standard InChI is InChI=1S/C16H16F3NO/c1-10-8-11(16(17,18)19)2-5-13(10)14-6-7-21-15(14)9-20-12-3-4-12/h2,5-8,12,20H,3-4,9H2,1H3. The van der Waals surface area contributed by atoms with Gasteiger partial charge in [-0.15, -0.1) is 0 Å². The lowest BCUT2D eigenvalue weighted by molar-refractivity contribution is -0.137. The zero-order valence-corrected chi connectivity index (χ0v) is 11.6. The number of hydrogen-bond donors (Lipinski definition) is 1. The minimum atomic E-state index is -4.31. The first-order valence-corrected chi connectivity index (χ1v) is 6.93. The van der Waals surface area contributed by atoms with Crippen molar-refractivity contribution in [3.63, 3.8) is 0 Å². The normalized spacial score (nSPS) is 15.4. The highest BCUT2D eigenvalue weighted by atomic mass is 19.4. The van der Waals surface area contributed by atoms with E-state index < -0.39 is 11.7 Å². The molecule has 0 unspecified atom stereocenters. The van der Waals surface area contributed by atoms with Gasteiger partial charge in [0.15, 0.2) is 0 Å². The molecule has 21 heavy (non-hydrogen) atoms. The average Bonchev–Trinajstić information content (AvgIpc) is 3.13. The predicted octanol–water partition coefficient (Wildman–Crippen LogP) is 4.53. The molecular weight excluding hydrogens is 279 g/mol. The van der Waals surface area contributed by atoms with Gasteiger partial charge in [0.25, 0.3) is 0 Å². The maximum atomic E-state index is 12.7. The molecule has 0 bridgehead atoms. The number of alkyl halides is 3. The van der Waals surface area contributed by atoms with Crippen LogP contribution in [0.2, 0.25) is 0 Å². The minimum absolute atomic E-state index is 0.552. The topological polar surface area (TPSA) is 25.2 Å². The number of nitrogens with one attached hydrogen (secondary N) is 1. The molecule has 0 spiro atoms. The fourth-order valence-electron chi connectivity index (χ4n) is 2.38. The molecule has 2 nitrogen and oxygen atoms in total. The molecule has 0 amide bonds. The molecule has 1 aromatic heterocycles. The van der Waals surface area contributed by atoms with Gasteiger partial charge in [-0.05, 0) is 49.1 Å². The summed E-state index contributed by atoms with van der Waals surface area (Å²) in [4.78, 5) is 0. The van der Waals surface area contributed by atoms with E-state index in [0.717, 1.165) is 23.0 Å². The van der Waals surface area contributed by atoms with Crippen molar-refractivity contribution >= 4 is 0 Å². The number of aryl methyl sites for hydroxylation is 1. The van der Waals surface area contributed by atoms with Crippen LogP contribution in [0, 0.1) is 6.92 Å². The van der Waals surface area contributed by atoms with E-state index >= 15 is 0 Å². The average molecular weight is 295 g/mol. The highest BCUT2D eigenvalue weighted by Gasteiger charge is 2.31. The van der Waals surface area contributed by atoms with E-state index in [4.69, 9.17) is 4.42 Å².